The van der Waals surface area contributed by atoms with Gasteiger partial charge in [-0.25, -0.2) is 13.2 Å². The standard InChI is InChI=1S/C19H18Cl2F3N3O3S/c20-14-3-1-4-15(12-14)25-18(28)26-7-2-8-27(10-9-26)31(29,30)17-11-13(19(22,23)24)5-6-16(17)21/h1,3-6,11-12H,2,7-10H2,(H,25,28). The Bertz CT molecular complexity index is 1080. The van der Waals surface area contributed by atoms with Gasteiger partial charge in [0.25, 0.3) is 0 Å². The first-order chi connectivity index (χ1) is 14.5. The minimum atomic E-state index is -4.71. The number of carbonyl (C=O) groups is 1. The molecule has 0 aromatic heterocycles. The highest BCUT2D eigenvalue weighted by Crippen LogP contribution is 2.34. The van der Waals surface area contributed by atoms with Gasteiger partial charge in [-0.15, -0.1) is 0 Å². The second-order valence-electron chi connectivity index (χ2n) is 6.83. The van der Waals surface area contributed by atoms with E-state index in [2.05, 4.69) is 5.32 Å². The van der Waals surface area contributed by atoms with Crippen LogP contribution in [-0.4, -0.2) is 49.8 Å². The lowest BCUT2D eigenvalue weighted by Gasteiger charge is -2.23. The van der Waals surface area contributed by atoms with Crippen LogP contribution < -0.4 is 5.32 Å². The van der Waals surface area contributed by atoms with Crippen LogP contribution in [-0.2, 0) is 16.2 Å². The largest absolute Gasteiger partial charge is 0.416 e. The molecule has 6 nitrogen and oxygen atoms in total. The van der Waals surface area contributed by atoms with Crippen molar-refractivity contribution in [3.8, 4) is 0 Å². The maximum atomic E-state index is 13.0. The van der Waals surface area contributed by atoms with Crippen LogP contribution in [0.3, 0.4) is 0 Å². The number of sulfonamides is 1. The second-order valence-corrected chi connectivity index (χ2v) is 9.58. The van der Waals surface area contributed by atoms with Gasteiger partial charge in [-0.1, -0.05) is 29.3 Å². The van der Waals surface area contributed by atoms with E-state index < -0.39 is 32.7 Å². The zero-order valence-electron chi connectivity index (χ0n) is 16.0. The van der Waals surface area contributed by atoms with Crippen LogP contribution in [0.2, 0.25) is 10.0 Å². The fourth-order valence-electron chi connectivity index (χ4n) is 3.12. The van der Waals surface area contributed by atoms with Crippen molar-refractivity contribution in [3.05, 3.63) is 58.1 Å². The lowest BCUT2D eigenvalue weighted by atomic mass is 10.2. The molecule has 1 heterocycles. The van der Waals surface area contributed by atoms with Crippen LogP contribution in [0.5, 0.6) is 0 Å². The van der Waals surface area contributed by atoms with E-state index in [1.165, 1.54) is 4.90 Å². The van der Waals surface area contributed by atoms with Crippen molar-refractivity contribution in [1.82, 2.24) is 9.21 Å². The van der Waals surface area contributed by atoms with Crippen LogP contribution in [0.15, 0.2) is 47.4 Å². The molecule has 1 aliphatic rings. The van der Waals surface area contributed by atoms with Gasteiger partial charge in [0.1, 0.15) is 4.90 Å². The Morgan fingerprint density at radius 3 is 2.42 bits per heavy atom. The first-order valence-electron chi connectivity index (χ1n) is 9.17. The summed E-state index contributed by atoms with van der Waals surface area (Å²) in [5, 5.41) is 2.84. The van der Waals surface area contributed by atoms with E-state index in [0.717, 1.165) is 16.4 Å². The monoisotopic (exact) mass is 495 g/mol. The smallest absolute Gasteiger partial charge is 0.323 e. The number of anilines is 1. The summed E-state index contributed by atoms with van der Waals surface area (Å²) in [6, 6.07) is 8.31. The summed E-state index contributed by atoms with van der Waals surface area (Å²) in [7, 11) is -4.29. The zero-order valence-corrected chi connectivity index (χ0v) is 18.3. The minimum absolute atomic E-state index is 0.0376. The number of halogens is 5. The molecule has 2 aromatic carbocycles. The molecule has 0 atom stereocenters. The normalized spacial score (nSPS) is 16.1. The van der Waals surface area contributed by atoms with Gasteiger partial charge in [-0.2, -0.15) is 17.5 Å². The van der Waals surface area contributed by atoms with Crippen molar-refractivity contribution in [2.24, 2.45) is 0 Å². The maximum Gasteiger partial charge on any atom is 0.416 e. The van der Waals surface area contributed by atoms with Gasteiger partial charge < -0.3 is 10.2 Å². The molecule has 2 aromatic rings. The molecule has 31 heavy (non-hydrogen) atoms. The van der Waals surface area contributed by atoms with Crippen molar-refractivity contribution in [2.45, 2.75) is 17.5 Å². The molecule has 0 unspecified atom stereocenters. The van der Waals surface area contributed by atoms with Gasteiger partial charge in [-0.05, 0) is 42.8 Å². The average molecular weight is 496 g/mol. The van der Waals surface area contributed by atoms with Gasteiger partial charge in [0, 0.05) is 36.9 Å². The molecule has 1 saturated heterocycles. The first kappa shape index (κ1) is 23.6. The first-order valence-corrected chi connectivity index (χ1v) is 11.4. The van der Waals surface area contributed by atoms with Crippen molar-refractivity contribution in [2.75, 3.05) is 31.5 Å². The molecule has 168 valence electrons. The lowest BCUT2D eigenvalue weighted by molar-refractivity contribution is -0.137. The third-order valence-corrected chi connectivity index (χ3v) is 7.31. The number of alkyl halides is 3. The third kappa shape index (κ3) is 5.62. The van der Waals surface area contributed by atoms with Gasteiger partial charge in [0.2, 0.25) is 10.0 Å². The number of urea groups is 1. The van der Waals surface area contributed by atoms with E-state index in [4.69, 9.17) is 23.2 Å². The lowest BCUT2D eigenvalue weighted by Crippen LogP contribution is -2.39. The number of amides is 2. The second kappa shape index (κ2) is 9.23. The number of benzene rings is 2. The van der Waals surface area contributed by atoms with E-state index in [9.17, 15) is 26.4 Å². The summed E-state index contributed by atoms with van der Waals surface area (Å²) in [5.41, 5.74) is -0.616. The Morgan fingerprint density at radius 2 is 1.74 bits per heavy atom. The molecular weight excluding hydrogens is 478 g/mol. The van der Waals surface area contributed by atoms with Crippen LogP contribution in [0.25, 0.3) is 0 Å². The Balaban J connectivity index is 1.75. The zero-order chi connectivity index (χ0) is 22.8. The molecule has 0 bridgehead atoms. The quantitative estimate of drug-likeness (QED) is 0.655. The summed E-state index contributed by atoms with van der Waals surface area (Å²) in [6.07, 6.45) is -4.40. The third-order valence-electron chi connectivity index (χ3n) is 4.69. The maximum absolute atomic E-state index is 13.0. The highest BCUT2D eigenvalue weighted by Gasteiger charge is 2.35. The van der Waals surface area contributed by atoms with Crippen molar-refractivity contribution in [3.63, 3.8) is 0 Å². The predicted octanol–water partition coefficient (Wildman–Crippen LogP) is 4.94. The molecule has 0 radical (unpaired) electrons. The summed E-state index contributed by atoms with van der Waals surface area (Å²) in [5.74, 6) is 0. The van der Waals surface area contributed by atoms with Crippen LogP contribution in [0.1, 0.15) is 12.0 Å². The Morgan fingerprint density at radius 1 is 1.00 bits per heavy atom. The summed E-state index contributed by atoms with van der Waals surface area (Å²) >= 11 is 11.8. The van der Waals surface area contributed by atoms with Crippen LogP contribution in [0.4, 0.5) is 23.7 Å². The Kier molecular flexibility index (Phi) is 7.04. The number of rotatable bonds is 3. The van der Waals surface area contributed by atoms with Gasteiger partial charge in [0.15, 0.2) is 0 Å². The van der Waals surface area contributed by atoms with Crippen molar-refractivity contribution in [1.29, 1.82) is 0 Å². The Hall–Kier alpha value is -2.01. The SMILES string of the molecule is O=C(Nc1cccc(Cl)c1)N1CCCN(S(=O)(=O)c2cc(C(F)(F)F)ccc2Cl)CC1. The van der Waals surface area contributed by atoms with Crippen molar-refractivity contribution < 1.29 is 26.4 Å². The Labute approximate surface area is 187 Å². The molecule has 1 fully saturated rings. The number of hydrogen-bond acceptors (Lipinski definition) is 3. The van der Waals surface area contributed by atoms with E-state index >= 15 is 0 Å². The summed E-state index contributed by atoms with van der Waals surface area (Å²) in [6.45, 7) is 0.282. The van der Waals surface area contributed by atoms with Gasteiger partial charge in [-0.3, -0.25) is 0 Å². The fourth-order valence-corrected chi connectivity index (χ4v) is 5.28. The summed E-state index contributed by atoms with van der Waals surface area (Å²) < 4.78 is 66.1. The van der Waals surface area contributed by atoms with E-state index in [1.807, 2.05) is 0 Å². The molecule has 2 amide bonds. The molecule has 0 spiro atoms. The molecule has 1 N–H and O–H groups in total. The number of nitrogens with zero attached hydrogens (tertiary/aromatic N) is 2. The van der Waals surface area contributed by atoms with Crippen molar-refractivity contribution >= 4 is 44.9 Å². The van der Waals surface area contributed by atoms with E-state index in [-0.39, 0.29) is 31.2 Å². The molecule has 0 saturated carbocycles. The topological polar surface area (TPSA) is 69.7 Å². The molecule has 0 aliphatic carbocycles. The number of carbonyl (C=O) groups excluding carboxylic acids is 1. The number of hydrogen-bond donors (Lipinski definition) is 1. The van der Waals surface area contributed by atoms with Crippen LogP contribution in [0, 0.1) is 0 Å². The minimum Gasteiger partial charge on any atom is -0.323 e. The number of nitrogens with one attached hydrogen (secondary N) is 1. The summed E-state index contributed by atoms with van der Waals surface area (Å²) in [4.78, 5) is 13.3. The molecule has 3 rings (SSSR count). The fraction of sp³-hybridized carbons (Fsp3) is 0.316. The van der Waals surface area contributed by atoms with Crippen LogP contribution >= 0.6 is 23.2 Å². The van der Waals surface area contributed by atoms with Gasteiger partial charge in [0.05, 0.1) is 10.6 Å². The van der Waals surface area contributed by atoms with E-state index in [0.29, 0.717) is 23.2 Å². The highest BCUT2D eigenvalue weighted by molar-refractivity contribution is 7.89. The van der Waals surface area contributed by atoms with E-state index in [1.54, 1.807) is 24.3 Å². The molecule has 12 heteroatoms. The molecular formula is C19H18Cl2F3N3O3S. The molecule has 1 aliphatic heterocycles. The van der Waals surface area contributed by atoms with Gasteiger partial charge >= 0.3 is 12.2 Å². The highest BCUT2D eigenvalue weighted by atomic mass is 35.5. The average Bonchev–Trinajstić information content (AvgIpc) is 2.94. The predicted molar refractivity (Wildman–Crippen MR) is 112 cm³/mol.